The zero-order valence-corrected chi connectivity index (χ0v) is 16.8. The first kappa shape index (κ1) is 20.0. The highest BCUT2D eigenvalue weighted by molar-refractivity contribution is 7.15. The van der Waals surface area contributed by atoms with Crippen LogP contribution in [0.2, 0.25) is 5.02 Å². The maximum atomic E-state index is 12.6. The van der Waals surface area contributed by atoms with E-state index >= 15 is 0 Å². The molecule has 0 fully saturated rings. The molecular weight excluding hydrogens is 396 g/mol. The van der Waals surface area contributed by atoms with Crippen LogP contribution in [0.15, 0.2) is 42.5 Å². The zero-order valence-electron chi connectivity index (χ0n) is 15.2. The summed E-state index contributed by atoms with van der Waals surface area (Å²) in [5, 5.41) is 22.2. The molecule has 1 amide bonds. The Hall–Kier alpha value is -2.79. The molecule has 2 N–H and O–H groups in total. The minimum atomic E-state index is -1.04. The van der Waals surface area contributed by atoms with Crippen molar-refractivity contribution in [3.63, 3.8) is 0 Å². The lowest BCUT2D eigenvalue weighted by atomic mass is 10.1. The van der Waals surface area contributed by atoms with Gasteiger partial charge in [0, 0.05) is 17.1 Å². The van der Waals surface area contributed by atoms with Crippen molar-refractivity contribution in [3.05, 3.63) is 58.1 Å². The largest absolute Gasteiger partial charge is 0.389 e. The number of aromatic nitrogens is 2. The molecule has 0 saturated heterocycles. The number of carbonyl (C=O) groups is 1. The Bertz CT molecular complexity index is 1050. The lowest BCUT2D eigenvalue weighted by Crippen LogP contribution is -2.38. The number of hydrogen-bond acceptors (Lipinski definition) is 6. The first-order valence-corrected chi connectivity index (χ1v) is 9.60. The van der Waals surface area contributed by atoms with Gasteiger partial charge in [-0.3, -0.25) is 4.79 Å². The van der Waals surface area contributed by atoms with E-state index in [1.165, 1.54) is 11.3 Å². The van der Waals surface area contributed by atoms with E-state index in [9.17, 15) is 9.90 Å². The number of nitriles is 1. The number of halogens is 1. The summed E-state index contributed by atoms with van der Waals surface area (Å²) in [5.74, 6) is -0.0644. The number of hydrogen-bond donors (Lipinski definition) is 2. The van der Waals surface area contributed by atoms with Crippen molar-refractivity contribution in [2.45, 2.75) is 19.4 Å². The molecule has 3 aromatic rings. The summed E-state index contributed by atoms with van der Waals surface area (Å²) in [7, 11) is 0. The number of benzene rings is 1. The molecule has 8 heteroatoms. The number of nitrogens with zero attached hydrogens (tertiary/aromatic N) is 3. The van der Waals surface area contributed by atoms with Crippen molar-refractivity contribution in [1.29, 1.82) is 5.26 Å². The number of aliphatic hydroxyl groups is 1. The van der Waals surface area contributed by atoms with E-state index in [2.05, 4.69) is 21.4 Å². The summed E-state index contributed by atoms with van der Waals surface area (Å²) >= 11 is 7.21. The third-order valence-electron chi connectivity index (χ3n) is 3.72. The Kier molecular flexibility index (Phi) is 5.75. The van der Waals surface area contributed by atoms with Crippen molar-refractivity contribution in [1.82, 2.24) is 15.3 Å². The molecule has 0 atom stereocenters. The van der Waals surface area contributed by atoms with E-state index in [-0.39, 0.29) is 12.2 Å². The van der Waals surface area contributed by atoms with Gasteiger partial charge < -0.3 is 10.4 Å². The van der Waals surface area contributed by atoms with Crippen LogP contribution in [0.3, 0.4) is 0 Å². The van der Waals surface area contributed by atoms with Gasteiger partial charge in [-0.1, -0.05) is 23.7 Å². The summed E-state index contributed by atoms with van der Waals surface area (Å²) in [5.41, 5.74) is 0.467. The van der Waals surface area contributed by atoms with Crippen LogP contribution in [0.1, 0.15) is 29.2 Å². The highest BCUT2D eigenvalue weighted by atomic mass is 35.5. The molecule has 1 aromatic carbocycles. The second-order valence-electron chi connectivity index (χ2n) is 6.74. The van der Waals surface area contributed by atoms with E-state index in [0.717, 1.165) is 5.56 Å². The van der Waals surface area contributed by atoms with Crippen LogP contribution < -0.4 is 5.32 Å². The van der Waals surface area contributed by atoms with Gasteiger partial charge in [0.15, 0.2) is 5.82 Å². The Morgan fingerprint density at radius 1 is 1.25 bits per heavy atom. The number of rotatable bonds is 5. The summed E-state index contributed by atoms with van der Waals surface area (Å²) in [6.07, 6.45) is 0. The molecule has 0 aliphatic carbocycles. The fourth-order valence-electron chi connectivity index (χ4n) is 2.35. The number of nitrogens with one attached hydrogen (secondary N) is 1. The third kappa shape index (κ3) is 4.93. The second kappa shape index (κ2) is 8.07. The van der Waals surface area contributed by atoms with Crippen LogP contribution in [-0.2, 0) is 0 Å². The topological polar surface area (TPSA) is 98.9 Å². The molecule has 0 radical (unpaired) electrons. The van der Waals surface area contributed by atoms with Crippen LogP contribution >= 0.6 is 22.9 Å². The van der Waals surface area contributed by atoms with E-state index in [1.807, 2.05) is 12.1 Å². The maximum absolute atomic E-state index is 12.6. The lowest BCUT2D eigenvalue weighted by molar-refractivity contribution is 0.0692. The Balaban J connectivity index is 2.04. The molecule has 28 heavy (non-hydrogen) atoms. The molecule has 0 spiro atoms. The molecule has 3 rings (SSSR count). The quantitative estimate of drug-likeness (QED) is 0.662. The van der Waals surface area contributed by atoms with E-state index in [1.54, 1.807) is 44.2 Å². The monoisotopic (exact) mass is 412 g/mol. The van der Waals surface area contributed by atoms with Crippen molar-refractivity contribution in [3.8, 4) is 28.0 Å². The second-order valence-corrected chi connectivity index (χ2v) is 8.26. The third-order valence-corrected chi connectivity index (χ3v) is 4.95. The van der Waals surface area contributed by atoms with Gasteiger partial charge in [-0.25, -0.2) is 9.97 Å². The van der Waals surface area contributed by atoms with Gasteiger partial charge in [0.2, 0.25) is 0 Å². The summed E-state index contributed by atoms with van der Waals surface area (Å²) < 4.78 is 0. The average molecular weight is 413 g/mol. The van der Waals surface area contributed by atoms with Gasteiger partial charge in [-0.15, -0.1) is 11.3 Å². The number of thiophene rings is 1. The molecule has 142 valence electrons. The molecule has 0 aliphatic rings. The van der Waals surface area contributed by atoms with Crippen molar-refractivity contribution >= 4 is 28.8 Å². The smallest absolute Gasteiger partial charge is 0.270 e. The van der Waals surface area contributed by atoms with Crippen LogP contribution in [0.25, 0.3) is 22.0 Å². The summed E-state index contributed by atoms with van der Waals surface area (Å²) in [6.45, 7) is 3.29. The van der Waals surface area contributed by atoms with Gasteiger partial charge in [0.1, 0.15) is 16.6 Å². The minimum absolute atomic E-state index is 0.0824. The Morgan fingerprint density at radius 3 is 2.57 bits per heavy atom. The molecular formula is C20H17ClN4O2S. The van der Waals surface area contributed by atoms with Gasteiger partial charge in [0.05, 0.1) is 16.2 Å². The summed E-state index contributed by atoms with van der Waals surface area (Å²) in [6, 6.07) is 14.2. The first-order chi connectivity index (χ1) is 13.2. The van der Waals surface area contributed by atoms with Crippen LogP contribution in [0.4, 0.5) is 0 Å². The molecule has 0 aliphatic heterocycles. The molecule has 2 heterocycles. The predicted molar refractivity (Wildman–Crippen MR) is 109 cm³/mol. The minimum Gasteiger partial charge on any atom is -0.389 e. The lowest BCUT2D eigenvalue weighted by Gasteiger charge is -2.17. The van der Waals surface area contributed by atoms with Crippen LogP contribution in [-0.4, -0.2) is 33.1 Å². The SMILES string of the molecule is CC(C)(O)CNC(=O)c1cc(-c2ccc(Cl)cc2)nc(-c2ccc(C#N)s2)n1. The highest BCUT2D eigenvalue weighted by Gasteiger charge is 2.18. The highest BCUT2D eigenvalue weighted by Crippen LogP contribution is 2.28. The fraction of sp³-hybridized carbons (Fsp3) is 0.200. The van der Waals surface area contributed by atoms with Gasteiger partial charge >= 0.3 is 0 Å². The van der Waals surface area contributed by atoms with Gasteiger partial charge in [0.25, 0.3) is 5.91 Å². The van der Waals surface area contributed by atoms with E-state index in [0.29, 0.717) is 26.3 Å². The summed E-state index contributed by atoms with van der Waals surface area (Å²) in [4.78, 5) is 22.7. The Labute approximate surface area is 171 Å². The predicted octanol–water partition coefficient (Wildman–Crippen LogP) is 3.90. The first-order valence-electron chi connectivity index (χ1n) is 8.41. The average Bonchev–Trinajstić information content (AvgIpc) is 3.15. The molecule has 2 aromatic heterocycles. The Morgan fingerprint density at radius 2 is 1.96 bits per heavy atom. The van der Waals surface area contributed by atoms with Crippen molar-refractivity contribution in [2.24, 2.45) is 0 Å². The van der Waals surface area contributed by atoms with Crippen LogP contribution in [0, 0.1) is 11.3 Å². The molecule has 0 saturated carbocycles. The van der Waals surface area contributed by atoms with Gasteiger partial charge in [-0.05, 0) is 44.2 Å². The fourth-order valence-corrected chi connectivity index (χ4v) is 3.21. The zero-order chi connectivity index (χ0) is 20.3. The number of carbonyl (C=O) groups excluding carboxylic acids is 1. The normalized spacial score (nSPS) is 11.1. The van der Waals surface area contributed by atoms with E-state index in [4.69, 9.17) is 16.9 Å². The number of amides is 1. The van der Waals surface area contributed by atoms with Crippen molar-refractivity contribution < 1.29 is 9.90 Å². The van der Waals surface area contributed by atoms with Crippen LogP contribution in [0.5, 0.6) is 0 Å². The van der Waals surface area contributed by atoms with Gasteiger partial charge in [-0.2, -0.15) is 5.26 Å². The molecule has 0 unspecified atom stereocenters. The van der Waals surface area contributed by atoms with Crippen molar-refractivity contribution in [2.75, 3.05) is 6.54 Å². The maximum Gasteiger partial charge on any atom is 0.270 e. The molecule has 0 bridgehead atoms. The van der Waals surface area contributed by atoms with E-state index < -0.39 is 11.5 Å². The standard InChI is InChI=1S/C20H17ClN4O2S/c1-20(2,27)11-23-19(26)16-9-15(12-3-5-13(21)6-4-12)24-18(25-16)17-8-7-14(10-22)28-17/h3-9,27H,11H2,1-2H3,(H,23,26). The molecule has 6 nitrogen and oxygen atoms in total.